The summed E-state index contributed by atoms with van der Waals surface area (Å²) in [6, 6.07) is 4.73. The van der Waals surface area contributed by atoms with Gasteiger partial charge in [-0.1, -0.05) is 0 Å². The molecular formula is C10H9BrFN3. The maximum atomic E-state index is 13.0. The molecule has 0 saturated heterocycles. The molecule has 3 nitrogen and oxygen atoms in total. The average molecular weight is 270 g/mol. The number of halogens is 2. The van der Waals surface area contributed by atoms with Crippen LogP contribution in [0.1, 0.15) is 5.82 Å². The van der Waals surface area contributed by atoms with Crippen LogP contribution in [-0.2, 0) is 7.05 Å². The number of aryl methyl sites for hydroxylation is 2. The zero-order valence-electron chi connectivity index (χ0n) is 8.33. The highest BCUT2D eigenvalue weighted by atomic mass is 79.9. The Bertz CT molecular complexity index is 488. The van der Waals surface area contributed by atoms with Crippen LogP contribution in [0.15, 0.2) is 22.7 Å². The van der Waals surface area contributed by atoms with E-state index in [4.69, 9.17) is 0 Å². The Labute approximate surface area is 95.1 Å². The molecule has 0 unspecified atom stereocenters. The quantitative estimate of drug-likeness (QED) is 0.797. The van der Waals surface area contributed by atoms with E-state index in [0.717, 1.165) is 11.4 Å². The van der Waals surface area contributed by atoms with Gasteiger partial charge in [0.2, 0.25) is 0 Å². The van der Waals surface area contributed by atoms with Gasteiger partial charge in [-0.3, -0.25) is 4.68 Å². The second-order valence-electron chi connectivity index (χ2n) is 3.24. The van der Waals surface area contributed by atoms with Crippen LogP contribution in [0.4, 0.5) is 4.39 Å². The van der Waals surface area contributed by atoms with Gasteiger partial charge in [-0.15, -0.1) is 0 Å². The molecule has 0 saturated carbocycles. The zero-order valence-corrected chi connectivity index (χ0v) is 9.92. The Morgan fingerprint density at radius 1 is 1.40 bits per heavy atom. The monoisotopic (exact) mass is 269 g/mol. The van der Waals surface area contributed by atoms with E-state index in [2.05, 4.69) is 26.0 Å². The third kappa shape index (κ3) is 1.92. The van der Waals surface area contributed by atoms with Crippen molar-refractivity contribution in [3.8, 4) is 11.4 Å². The fraction of sp³-hybridized carbons (Fsp3) is 0.200. The van der Waals surface area contributed by atoms with Gasteiger partial charge in [0, 0.05) is 12.6 Å². The van der Waals surface area contributed by atoms with Gasteiger partial charge in [0.15, 0.2) is 5.82 Å². The molecule has 78 valence electrons. The predicted molar refractivity (Wildman–Crippen MR) is 58.8 cm³/mol. The van der Waals surface area contributed by atoms with Crippen molar-refractivity contribution in [1.29, 1.82) is 0 Å². The lowest BCUT2D eigenvalue weighted by Crippen LogP contribution is -1.92. The maximum Gasteiger partial charge on any atom is 0.181 e. The van der Waals surface area contributed by atoms with Gasteiger partial charge in [-0.05, 0) is 41.1 Å². The van der Waals surface area contributed by atoms with Crippen LogP contribution >= 0.6 is 15.9 Å². The van der Waals surface area contributed by atoms with Crippen LogP contribution in [0.2, 0.25) is 0 Å². The lowest BCUT2D eigenvalue weighted by Gasteiger charge is -1.97. The zero-order chi connectivity index (χ0) is 11.0. The molecule has 1 heterocycles. The van der Waals surface area contributed by atoms with Crippen molar-refractivity contribution in [1.82, 2.24) is 14.8 Å². The van der Waals surface area contributed by atoms with Crippen molar-refractivity contribution in [3.63, 3.8) is 0 Å². The molecule has 0 aliphatic heterocycles. The fourth-order valence-electron chi connectivity index (χ4n) is 1.22. The molecule has 0 amide bonds. The molecular weight excluding hydrogens is 261 g/mol. The van der Waals surface area contributed by atoms with E-state index in [0.29, 0.717) is 10.3 Å². The van der Waals surface area contributed by atoms with Gasteiger partial charge in [-0.2, -0.15) is 5.10 Å². The minimum absolute atomic E-state index is 0.286. The molecule has 5 heteroatoms. The molecule has 1 aromatic heterocycles. The Kier molecular flexibility index (Phi) is 2.56. The van der Waals surface area contributed by atoms with Crippen LogP contribution in [0.3, 0.4) is 0 Å². The number of hydrogen-bond donors (Lipinski definition) is 0. The van der Waals surface area contributed by atoms with Gasteiger partial charge < -0.3 is 0 Å². The summed E-state index contributed by atoms with van der Waals surface area (Å²) in [5.41, 5.74) is 0.798. The highest BCUT2D eigenvalue weighted by Gasteiger charge is 2.08. The Morgan fingerprint density at radius 3 is 2.67 bits per heavy atom. The van der Waals surface area contributed by atoms with E-state index in [1.165, 1.54) is 6.07 Å². The Hall–Kier alpha value is -1.23. The van der Waals surface area contributed by atoms with Gasteiger partial charge in [-0.25, -0.2) is 9.37 Å². The molecule has 0 atom stereocenters. The molecule has 0 spiro atoms. The van der Waals surface area contributed by atoms with Crippen LogP contribution in [0, 0.1) is 12.7 Å². The highest BCUT2D eigenvalue weighted by molar-refractivity contribution is 9.10. The summed E-state index contributed by atoms with van der Waals surface area (Å²) in [7, 11) is 1.82. The topological polar surface area (TPSA) is 30.7 Å². The molecule has 0 N–H and O–H groups in total. The standard InChI is InChI=1S/C10H9BrFN3/c1-6-13-10(14-15(6)2)7-3-4-9(12)8(11)5-7/h3-5H,1-2H3. The number of hydrogen-bond acceptors (Lipinski definition) is 2. The van der Waals surface area contributed by atoms with Crippen molar-refractivity contribution < 1.29 is 4.39 Å². The van der Waals surface area contributed by atoms with Crippen molar-refractivity contribution >= 4 is 15.9 Å². The first-order valence-corrected chi connectivity index (χ1v) is 5.20. The SMILES string of the molecule is Cc1nc(-c2ccc(F)c(Br)c2)nn1C. The van der Waals surface area contributed by atoms with Crippen LogP contribution in [-0.4, -0.2) is 14.8 Å². The minimum atomic E-state index is -0.286. The molecule has 2 rings (SSSR count). The van der Waals surface area contributed by atoms with Gasteiger partial charge >= 0.3 is 0 Å². The smallest absolute Gasteiger partial charge is 0.181 e. The Balaban J connectivity index is 2.49. The highest BCUT2D eigenvalue weighted by Crippen LogP contribution is 2.22. The van der Waals surface area contributed by atoms with E-state index in [9.17, 15) is 4.39 Å². The minimum Gasteiger partial charge on any atom is -0.253 e. The van der Waals surface area contributed by atoms with E-state index < -0.39 is 0 Å². The van der Waals surface area contributed by atoms with Gasteiger partial charge in [0.1, 0.15) is 11.6 Å². The van der Waals surface area contributed by atoms with Gasteiger partial charge in [0.25, 0.3) is 0 Å². The average Bonchev–Trinajstić information content (AvgIpc) is 2.52. The van der Waals surface area contributed by atoms with Crippen molar-refractivity contribution in [3.05, 3.63) is 34.3 Å². The first kappa shape index (κ1) is 10.3. The normalized spacial score (nSPS) is 10.7. The lowest BCUT2D eigenvalue weighted by molar-refractivity contribution is 0.621. The lowest BCUT2D eigenvalue weighted by atomic mass is 10.2. The summed E-state index contributed by atoms with van der Waals surface area (Å²) in [6.07, 6.45) is 0. The van der Waals surface area contributed by atoms with Crippen LogP contribution in [0.25, 0.3) is 11.4 Å². The van der Waals surface area contributed by atoms with Crippen LogP contribution in [0.5, 0.6) is 0 Å². The molecule has 0 fully saturated rings. The van der Waals surface area contributed by atoms with E-state index >= 15 is 0 Å². The summed E-state index contributed by atoms with van der Waals surface area (Å²) in [5, 5.41) is 4.21. The molecule has 0 aliphatic carbocycles. The van der Waals surface area contributed by atoms with Crippen molar-refractivity contribution in [2.45, 2.75) is 6.92 Å². The number of benzene rings is 1. The first-order valence-electron chi connectivity index (χ1n) is 4.41. The summed E-state index contributed by atoms with van der Waals surface area (Å²) in [5.74, 6) is 1.15. The van der Waals surface area contributed by atoms with E-state index in [1.807, 2.05) is 14.0 Å². The van der Waals surface area contributed by atoms with Crippen LogP contribution < -0.4 is 0 Å². The molecule has 0 radical (unpaired) electrons. The number of aromatic nitrogens is 3. The van der Waals surface area contributed by atoms with Crippen molar-refractivity contribution in [2.24, 2.45) is 7.05 Å². The summed E-state index contributed by atoms with van der Waals surface area (Å²) < 4.78 is 15.1. The summed E-state index contributed by atoms with van der Waals surface area (Å²) in [4.78, 5) is 4.26. The third-order valence-electron chi connectivity index (χ3n) is 2.16. The molecule has 0 bridgehead atoms. The fourth-order valence-corrected chi connectivity index (χ4v) is 1.60. The summed E-state index contributed by atoms with van der Waals surface area (Å²) in [6.45, 7) is 1.87. The molecule has 1 aromatic carbocycles. The predicted octanol–water partition coefficient (Wildman–Crippen LogP) is 2.69. The van der Waals surface area contributed by atoms with Crippen molar-refractivity contribution in [2.75, 3.05) is 0 Å². The van der Waals surface area contributed by atoms with E-state index in [1.54, 1.807) is 16.8 Å². The second kappa shape index (κ2) is 3.73. The van der Waals surface area contributed by atoms with E-state index in [-0.39, 0.29) is 5.82 Å². The number of rotatable bonds is 1. The molecule has 15 heavy (non-hydrogen) atoms. The third-order valence-corrected chi connectivity index (χ3v) is 2.77. The second-order valence-corrected chi connectivity index (χ2v) is 4.09. The summed E-state index contributed by atoms with van der Waals surface area (Å²) >= 11 is 3.13. The maximum absolute atomic E-state index is 13.0. The van der Waals surface area contributed by atoms with Gasteiger partial charge in [0.05, 0.1) is 4.47 Å². The molecule has 2 aromatic rings. The molecule has 0 aliphatic rings. The largest absolute Gasteiger partial charge is 0.253 e. The number of nitrogens with zero attached hydrogens (tertiary/aromatic N) is 3. The Morgan fingerprint density at radius 2 is 2.13 bits per heavy atom. The first-order chi connectivity index (χ1) is 7.08.